The first kappa shape index (κ1) is 30.7. The minimum atomic E-state index is 0.494. The molecule has 0 unspecified atom stereocenters. The molecule has 0 amide bonds. The molecule has 0 saturated carbocycles. The van der Waals surface area contributed by atoms with Gasteiger partial charge in [-0.3, -0.25) is 4.98 Å². The molecule has 56 heavy (non-hydrogen) atoms. The average molecular weight is 718 g/mol. The fourth-order valence-electron chi connectivity index (χ4n) is 8.24. The molecule has 0 saturated heterocycles. The predicted octanol–water partition coefficient (Wildman–Crippen LogP) is 12.6. The van der Waals surface area contributed by atoms with Gasteiger partial charge in [-0.1, -0.05) is 97.1 Å². The van der Waals surface area contributed by atoms with E-state index in [9.17, 15) is 0 Å². The van der Waals surface area contributed by atoms with Crippen molar-refractivity contribution in [2.75, 3.05) is 0 Å². The smallest absolute Gasteiger partial charge is 0.227 e. The van der Waals surface area contributed by atoms with Crippen LogP contribution in [-0.2, 0) is 0 Å². The van der Waals surface area contributed by atoms with E-state index in [1.54, 1.807) is 18.6 Å². The molecular formula is C49H27N5O2. The van der Waals surface area contributed by atoms with E-state index in [2.05, 4.69) is 96.0 Å². The number of fused-ring (bicyclic) bond motifs is 12. The summed E-state index contributed by atoms with van der Waals surface area (Å²) in [6.07, 6.45) is 5.38. The molecule has 0 radical (unpaired) electrons. The van der Waals surface area contributed by atoms with Crippen molar-refractivity contribution in [2.24, 2.45) is 0 Å². The summed E-state index contributed by atoms with van der Waals surface area (Å²) in [5, 5.41) is 11.0. The second-order valence-electron chi connectivity index (χ2n) is 14.1. The van der Waals surface area contributed by atoms with Gasteiger partial charge in [0.2, 0.25) is 5.71 Å². The number of hydrogen-bond acceptors (Lipinski definition) is 7. The summed E-state index contributed by atoms with van der Waals surface area (Å²) in [5.41, 5.74) is 7.34. The number of hydrogen-bond donors (Lipinski definition) is 0. The van der Waals surface area contributed by atoms with E-state index >= 15 is 0 Å². The van der Waals surface area contributed by atoms with Gasteiger partial charge in [-0.2, -0.15) is 0 Å². The number of furan rings is 2. The molecule has 12 aromatic rings. The fraction of sp³-hybridized carbons (Fsp3) is 0. The SMILES string of the molecule is c1cc(-c2ccncc2)cc(-c2nc(-c3cnc4oc5cc6c7ccccc7c7ccccc7c6cc5c4c3)nc(-c3cccc4c3oc3ccccc34)n2)c1. The minimum Gasteiger partial charge on any atom is -0.455 e. The second kappa shape index (κ2) is 11.9. The van der Waals surface area contributed by atoms with Gasteiger partial charge < -0.3 is 8.83 Å². The Bertz CT molecular complexity index is 3550. The van der Waals surface area contributed by atoms with Crippen molar-refractivity contribution >= 4 is 76.3 Å². The molecule has 0 aliphatic rings. The first-order valence-electron chi connectivity index (χ1n) is 18.5. The molecule has 5 heterocycles. The van der Waals surface area contributed by atoms with Crippen LogP contribution in [-0.4, -0.2) is 24.9 Å². The average Bonchev–Trinajstić information content (AvgIpc) is 3.84. The number of pyridine rings is 2. The molecule has 0 spiro atoms. The van der Waals surface area contributed by atoms with Gasteiger partial charge in [0.25, 0.3) is 0 Å². The zero-order valence-corrected chi connectivity index (χ0v) is 29.6. The third-order valence-electron chi connectivity index (χ3n) is 10.9. The quantitative estimate of drug-likeness (QED) is 0.167. The maximum Gasteiger partial charge on any atom is 0.227 e. The van der Waals surface area contributed by atoms with Crippen molar-refractivity contribution < 1.29 is 8.83 Å². The standard InChI is InChI=1S/C49H27N5O2/c1-3-13-34-32(11-1)33-12-2-4-14-35(33)40-26-44-41(25-39(34)40)42-24-31(27-51-49(42)56-44)47-52-46(30-10-7-9-29(23-30)28-19-21-50-22-20-28)53-48(54-47)38-17-8-16-37-36-15-5-6-18-43(36)55-45(37)38/h1-27H. The van der Waals surface area contributed by atoms with Crippen LogP contribution in [0.4, 0.5) is 0 Å². The number of rotatable bonds is 4. The van der Waals surface area contributed by atoms with Crippen molar-refractivity contribution in [1.29, 1.82) is 0 Å². The highest BCUT2D eigenvalue weighted by molar-refractivity contribution is 6.28. The Morgan fingerprint density at radius 3 is 1.77 bits per heavy atom. The van der Waals surface area contributed by atoms with Crippen LogP contribution in [0.1, 0.15) is 0 Å². The normalized spacial score (nSPS) is 11.9. The molecule has 0 aliphatic heterocycles. The van der Waals surface area contributed by atoms with Gasteiger partial charge in [0, 0.05) is 51.3 Å². The first-order valence-corrected chi connectivity index (χ1v) is 18.5. The lowest BCUT2D eigenvalue weighted by molar-refractivity contribution is 0.654. The molecule has 5 aromatic heterocycles. The van der Waals surface area contributed by atoms with Crippen LogP contribution in [0.15, 0.2) is 173 Å². The van der Waals surface area contributed by atoms with Gasteiger partial charge in [-0.15, -0.1) is 0 Å². The topological polar surface area (TPSA) is 90.7 Å². The van der Waals surface area contributed by atoms with Crippen LogP contribution >= 0.6 is 0 Å². The summed E-state index contributed by atoms with van der Waals surface area (Å²) in [7, 11) is 0. The third-order valence-corrected chi connectivity index (χ3v) is 10.9. The zero-order chi connectivity index (χ0) is 36.7. The summed E-state index contributed by atoms with van der Waals surface area (Å²) in [6.45, 7) is 0. The van der Waals surface area contributed by atoms with E-state index in [0.29, 0.717) is 23.2 Å². The highest BCUT2D eigenvalue weighted by Gasteiger charge is 2.20. The number of aromatic nitrogens is 5. The van der Waals surface area contributed by atoms with Crippen LogP contribution in [0.5, 0.6) is 0 Å². The van der Waals surface area contributed by atoms with Crippen molar-refractivity contribution in [1.82, 2.24) is 24.9 Å². The second-order valence-corrected chi connectivity index (χ2v) is 14.1. The Labute approximate surface area is 318 Å². The van der Waals surface area contributed by atoms with Gasteiger partial charge >= 0.3 is 0 Å². The first-order chi connectivity index (χ1) is 27.7. The van der Waals surface area contributed by atoms with Gasteiger partial charge in [-0.05, 0) is 92.0 Å². The van der Waals surface area contributed by atoms with Crippen molar-refractivity contribution in [2.45, 2.75) is 0 Å². The number of benzene rings is 7. The molecule has 7 nitrogen and oxygen atoms in total. The molecule has 7 aromatic carbocycles. The van der Waals surface area contributed by atoms with Crippen LogP contribution < -0.4 is 0 Å². The Kier molecular flexibility index (Phi) is 6.50. The monoisotopic (exact) mass is 717 g/mol. The lowest BCUT2D eigenvalue weighted by Gasteiger charge is -2.10. The molecule has 0 N–H and O–H groups in total. The van der Waals surface area contributed by atoms with Crippen molar-refractivity contribution in [3.8, 4) is 45.3 Å². The Balaban J connectivity index is 1.09. The fourth-order valence-corrected chi connectivity index (χ4v) is 8.24. The van der Waals surface area contributed by atoms with Gasteiger partial charge in [0.1, 0.15) is 16.7 Å². The molecule has 0 fully saturated rings. The number of nitrogens with zero attached hydrogens (tertiary/aromatic N) is 5. The Hall–Kier alpha value is -7.77. The van der Waals surface area contributed by atoms with E-state index in [-0.39, 0.29) is 0 Å². The van der Waals surface area contributed by atoms with Crippen molar-refractivity contribution in [3.63, 3.8) is 0 Å². The van der Waals surface area contributed by atoms with Gasteiger partial charge in [0.15, 0.2) is 17.5 Å². The highest BCUT2D eigenvalue weighted by Crippen LogP contribution is 2.41. The third kappa shape index (κ3) is 4.68. The summed E-state index contributed by atoms with van der Waals surface area (Å²) < 4.78 is 12.9. The zero-order valence-electron chi connectivity index (χ0n) is 29.6. The van der Waals surface area contributed by atoms with Gasteiger partial charge in [0.05, 0.1) is 5.56 Å². The lowest BCUT2D eigenvalue weighted by Crippen LogP contribution is -2.00. The van der Waals surface area contributed by atoms with Crippen molar-refractivity contribution in [3.05, 3.63) is 164 Å². The Morgan fingerprint density at radius 2 is 0.982 bits per heavy atom. The summed E-state index contributed by atoms with van der Waals surface area (Å²) in [6, 6.07) is 50.0. The maximum atomic E-state index is 6.46. The molecule has 0 bridgehead atoms. The van der Waals surface area contributed by atoms with E-state index in [1.165, 1.54) is 21.5 Å². The molecule has 12 rings (SSSR count). The summed E-state index contributed by atoms with van der Waals surface area (Å²) >= 11 is 0. The maximum absolute atomic E-state index is 6.46. The summed E-state index contributed by atoms with van der Waals surface area (Å²) in [5.74, 6) is 1.54. The molecule has 0 atom stereocenters. The summed E-state index contributed by atoms with van der Waals surface area (Å²) in [4.78, 5) is 24.4. The molecule has 0 aliphatic carbocycles. The predicted molar refractivity (Wildman–Crippen MR) is 224 cm³/mol. The van der Waals surface area contributed by atoms with E-state index < -0.39 is 0 Å². The van der Waals surface area contributed by atoms with E-state index in [1.807, 2.05) is 54.6 Å². The molecular weight excluding hydrogens is 691 g/mol. The lowest BCUT2D eigenvalue weighted by atomic mass is 9.93. The van der Waals surface area contributed by atoms with Crippen LogP contribution in [0, 0.1) is 0 Å². The number of para-hydroxylation sites is 2. The minimum absolute atomic E-state index is 0.494. The molecule has 260 valence electrons. The highest BCUT2D eigenvalue weighted by atomic mass is 16.3. The van der Waals surface area contributed by atoms with Crippen LogP contribution in [0.3, 0.4) is 0 Å². The van der Waals surface area contributed by atoms with E-state index in [4.69, 9.17) is 28.8 Å². The largest absolute Gasteiger partial charge is 0.455 e. The molecule has 7 heteroatoms. The van der Waals surface area contributed by atoms with Gasteiger partial charge in [-0.25, -0.2) is 19.9 Å². The Morgan fingerprint density at radius 1 is 0.357 bits per heavy atom. The van der Waals surface area contributed by atoms with E-state index in [0.717, 1.165) is 76.9 Å². The van der Waals surface area contributed by atoms with Crippen LogP contribution in [0.25, 0.3) is 122 Å². The van der Waals surface area contributed by atoms with Crippen LogP contribution in [0.2, 0.25) is 0 Å².